The smallest absolute Gasteiger partial charge is 0.275 e. The molecule has 296 valence electrons. The molecule has 1 saturated heterocycles. The van der Waals surface area contributed by atoms with E-state index in [0.717, 1.165) is 16.7 Å². The first-order chi connectivity index (χ1) is 26.8. The molecule has 2 aliphatic rings. The Morgan fingerprint density at radius 1 is 1.07 bits per heavy atom. The highest BCUT2D eigenvalue weighted by atomic mass is 35.5. The van der Waals surface area contributed by atoms with Crippen molar-refractivity contribution in [2.45, 2.75) is 32.9 Å². The van der Waals surface area contributed by atoms with E-state index in [-0.39, 0.29) is 56.3 Å². The fourth-order valence-corrected chi connectivity index (χ4v) is 7.16. The summed E-state index contributed by atoms with van der Waals surface area (Å²) in [5.41, 5.74) is 5.33. The average Bonchev–Trinajstić information content (AvgIpc) is 3.57. The van der Waals surface area contributed by atoms with Gasteiger partial charge in [-0.2, -0.15) is 5.10 Å². The number of benzene rings is 3. The summed E-state index contributed by atoms with van der Waals surface area (Å²) < 4.78 is 19.6. The van der Waals surface area contributed by atoms with Gasteiger partial charge in [0.1, 0.15) is 24.7 Å². The van der Waals surface area contributed by atoms with E-state index < -0.39 is 5.54 Å². The summed E-state index contributed by atoms with van der Waals surface area (Å²) in [6, 6.07) is 16.7. The molecule has 14 nitrogen and oxygen atoms in total. The molecule has 3 heterocycles. The number of rotatable bonds is 13. The summed E-state index contributed by atoms with van der Waals surface area (Å²) in [4.78, 5) is 47.1. The Balaban J connectivity index is 1.30. The van der Waals surface area contributed by atoms with Gasteiger partial charge in [0.05, 0.1) is 62.6 Å². The normalized spacial score (nSPS) is 14.6. The predicted molar refractivity (Wildman–Crippen MR) is 214 cm³/mol. The Morgan fingerprint density at radius 3 is 2.55 bits per heavy atom. The number of halogens is 2. The Labute approximate surface area is 335 Å². The lowest BCUT2D eigenvalue weighted by Gasteiger charge is -2.41. The molecule has 0 atom stereocenters. The minimum absolute atomic E-state index is 0.0570. The molecule has 2 aliphatic heterocycles. The number of methoxy groups -OCH3 is 1. The number of hydrogen-bond acceptors (Lipinski definition) is 10. The van der Waals surface area contributed by atoms with Crippen LogP contribution in [0.4, 0.5) is 0 Å². The molecule has 0 radical (unpaired) electrons. The summed E-state index contributed by atoms with van der Waals surface area (Å²) in [6.45, 7) is 7.58. The third kappa shape index (κ3) is 8.78. The number of oxime groups is 1. The van der Waals surface area contributed by atoms with Crippen LogP contribution in [0, 0.1) is 0 Å². The van der Waals surface area contributed by atoms with Gasteiger partial charge in [0.25, 0.3) is 5.91 Å². The van der Waals surface area contributed by atoms with Crippen molar-refractivity contribution in [3.05, 3.63) is 81.5 Å². The van der Waals surface area contributed by atoms with E-state index in [1.54, 1.807) is 49.0 Å². The number of nitrogens with zero attached hydrogens (tertiary/aromatic N) is 5. The zero-order valence-electron chi connectivity index (χ0n) is 32.2. The Kier molecular flexibility index (Phi) is 12.5. The number of likely N-dealkylation sites (N-methyl/N-ethyl adjacent to an activating group) is 2. The van der Waals surface area contributed by atoms with Gasteiger partial charge < -0.3 is 39.5 Å². The third-order valence-corrected chi connectivity index (χ3v) is 9.98. The van der Waals surface area contributed by atoms with E-state index in [4.69, 9.17) is 47.3 Å². The maximum Gasteiger partial charge on any atom is 0.275 e. The van der Waals surface area contributed by atoms with Crippen molar-refractivity contribution in [1.29, 1.82) is 0 Å². The molecule has 16 heteroatoms. The second-order valence-corrected chi connectivity index (χ2v) is 15.0. The van der Waals surface area contributed by atoms with E-state index in [2.05, 4.69) is 15.8 Å². The van der Waals surface area contributed by atoms with Gasteiger partial charge in [-0.15, -0.1) is 0 Å². The Bertz CT molecular complexity index is 2150. The second kappa shape index (κ2) is 17.3. The number of fused-ring (bicyclic) bond motifs is 3. The maximum absolute atomic E-state index is 14.3. The van der Waals surface area contributed by atoms with Crippen molar-refractivity contribution < 1.29 is 33.4 Å². The molecule has 0 saturated carbocycles. The zero-order chi connectivity index (χ0) is 40.1. The van der Waals surface area contributed by atoms with Crippen molar-refractivity contribution in [3.63, 3.8) is 0 Å². The second-order valence-electron chi connectivity index (χ2n) is 14.1. The third-order valence-electron chi connectivity index (χ3n) is 9.54. The molecular weight excluding hydrogens is 761 g/mol. The number of hydrogen-bond donors (Lipinski definition) is 2. The summed E-state index contributed by atoms with van der Waals surface area (Å²) in [5, 5.41) is 15.5. The summed E-state index contributed by atoms with van der Waals surface area (Å²) >= 11 is 13.0. The van der Waals surface area contributed by atoms with Crippen LogP contribution in [0.15, 0.2) is 59.8 Å². The Morgan fingerprint density at radius 2 is 1.84 bits per heavy atom. The quantitative estimate of drug-likeness (QED) is 0.106. The first kappa shape index (κ1) is 40.5. The van der Waals surface area contributed by atoms with Crippen LogP contribution in [0.5, 0.6) is 11.5 Å². The summed E-state index contributed by atoms with van der Waals surface area (Å²) in [6.07, 6.45) is 0. The van der Waals surface area contributed by atoms with Crippen LogP contribution in [-0.2, 0) is 25.8 Å². The molecule has 0 unspecified atom stereocenters. The number of morpholine rings is 1. The highest BCUT2D eigenvalue weighted by molar-refractivity contribution is 6.34. The van der Waals surface area contributed by atoms with Crippen LogP contribution in [0.3, 0.4) is 0 Å². The first-order valence-corrected chi connectivity index (χ1v) is 18.8. The maximum atomic E-state index is 14.3. The van der Waals surface area contributed by atoms with Crippen LogP contribution < -0.4 is 20.1 Å². The van der Waals surface area contributed by atoms with Crippen molar-refractivity contribution >= 4 is 46.6 Å². The lowest BCUT2D eigenvalue weighted by molar-refractivity contribution is -0.134. The molecule has 1 fully saturated rings. The monoisotopic (exact) mass is 805 g/mol. The number of ether oxygens (including phenoxy) is 3. The lowest BCUT2D eigenvalue weighted by atomic mass is 9.94. The lowest BCUT2D eigenvalue weighted by Crippen LogP contribution is -2.55. The van der Waals surface area contributed by atoms with Crippen LogP contribution in [-0.4, -0.2) is 116 Å². The van der Waals surface area contributed by atoms with Crippen LogP contribution in [0.2, 0.25) is 10.0 Å². The number of amides is 3. The molecule has 3 aromatic carbocycles. The minimum Gasteiger partial charge on any atom is -0.496 e. The molecule has 4 aromatic rings. The zero-order valence-corrected chi connectivity index (χ0v) is 33.7. The van der Waals surface area contributed by atoms with Crippen molar-refractivity contribution in [3.8, 4) is 39.6 Å². The molecular formula is C40H45Cl2N7O7. The van der Waals surface area contributed by atoms with E-state index in [1.807, 2.05) is 57.2 Å². The fraction of sp³-hybridized carbons (Fsp3) is 0.375. The van der Waals surface area contributed by atoms with Gasteiger partial charge in [0.2, 0.25) is 11.8 Å². The van der Waals surface area contributed by atoms with Gasteiger partial charge in [-0.3, -0.25) is 14.4 Å². The Hall–Kier alpha value is -5.15. The van der Waals surface area contributed by atoms with Crippen molar-refractivity contribution in [2.75, 3.05) is 67.2 Å². The highest BCUT2D eigenvalue weighted by Gasteiger charge is 2.39. The van der Waals surface area contributed by atoms with Gasteiger partial charge in [-0.1, -0.05) is 46.6 Å². The number of nitrogens with one attached hydrogen (secondary N) is 2. The average molecular weight is 807 g/mol. The molecule has 0 spiro atoms. The number of carbonyl (C=O) groups is 3. The van der Waals surface area contributed by atoms with Gasteiger partial charge >= 0.3 is 0 Å². The topological polar surface area (TPSA) is 149 Å². The van der Waals surface area contributed by atoms with E-state index in [1.165, 1.54) is 4.90 Å². The largest absolute Gasteiger partial charge is 0.496 e. The van der Waals surface area contributed by atoms with Gasteiger partial charge in [-0.05, 0) is 69.3 Å². The molecule has 56 heavy (non-hydrogen) atoms. The minimum atomic E-state index is -0.543. The molecule has 3 amide bonds. The van der Waals surface area contributed by atoms with Crippen LogP contribution in [0.1, 0.15) is 42.4 Å². The number of carbonyl (C=O) groups excluding carboxylic acids is 3. The molecule has 0 aliphatic carbocycles. The van der Waals surface area contributed by atoms with Gasteiger partial charge in [0.15, 0.2) is 5.69 Å². The SMILES string of the molecule is CNCC(=O)N(C)CC(=O)NCCO/N=C(\C)c1cccc(-c2cc3c(cc2OC)OCc2c(C(=O)N4CCOCC4(C)C)nn(-c4cc(Cl)cc(Cl)c4)c2-3)c1. The fourth-order valence-electron chi connectivity index (χ4n) is 6.65. The summed E-state index contributed by atoms with van der Waals surface area (Å²) in [7, 11) is 4.84. The predicted octanol–water partition coefficient (Wildman–Crippen LogP) is 5.20. The first-order valence-electron chi connectivity index (χ1n) is 18.1. The standard InChI is InChI=1S/C40H45Cl2N7O7/c1-24(46-56-12-10-44-35(50)21-47(5)36(51)20-43-4)25-8-7-9-26(14-25)30-18-31-34(19-33(30)53-6)55-22-32-37(39(52)48-11-13-54-23-40(48,2)3)45-49(38(31)32)29-16-27(41)15-28(42)17-29/h7-9,14-19,43H,10-13,20-23H2,1-6H3,(H,44,50)/b46-24+. The van der Waals surface area contributed by atoms with Crippen molar-refractivity contribution in [1.82, 2.24) is 30.2 Å². The van der Waals surface area contributed by atoms with Crippen molar-refractivity contribution in [2.24, 2.45) is 5.16 Å². The van der Waals surface area contributed by atoms with E-state index in [9.17, 15) is 14.4 Å². The highest BCUT2D eigenvalue weighted by Crippen LogP contribution is 2.46. The molecule has 0 bridgehead atoms. The van der Waals surface area contributed by atoms with E-state index >= 15 is 0 Å². The molecule has 1 aromatic heterocycles. The van der Waals surface area contributed by atoms with Crippen LogP contribution in [0.25, 0.3) is 28.1 Å². The number of aromatic nitrogens is 2. The van der Waals surface area contributed by atoms with Gasteiger partial charge in [0, 0.05) is 46.4 Å². The van der Waals surface area contributed by atoms with Crippen LogP contribution >= 0.6 is 23.2 Å². The molecule has 6 rings (SSSR count). The van der Waals surface area contributed by atoms with Gasteiger partial charge in [-0.25, -0.2) is 4.68 Å². The molecule has 2 N–H and O–H groups in total. The van der Waals surface area contributed by atoms with E-state index in [0.29, 0.717) is 69.5 Å². The summed E-state index contributed by atoms with van der Waals surface area (Å²) in [5.74, 6) is 0.430.